The van der Waals surface area contributed by atoms with E-state index in [1.807, 2.05) is 37.3 Å². The Labute approximate surface area is 245 Å². The summed E-state index contributed by atoms with van der Waals surface area (Å²) < 4.78 is 0. The molecule has 5 aromatic rings. The Morgan fingerprint density at radius 2 is 0.805 bits per heavy atom. The zero-order valence-corrected chi connectivity index (χ0v) is 24.9. The molecular weight excluding hydrogens is 500 g/mol. The van der Waals surface area contributed by atoms with Crippen LogP contribution in [0.2, 0.25) is 0 Å². The first-order valence-electron chi connectivity index (χ1n) is 14.3. The second kappa shape index (κ2) is 10.6. The van der Waals surface area contributed by atoms with E-state index in [0.717, 1.165) is 27.8 Å². The highest BCUT2D eigenvalue weighted by molar-refractivity contribution is 5.57. The first kappa shape index (κ1) is 28.2. The molecule has 0 radical (unpaired) electrons. The summed E-state index contributed by atoms with van der Waals surface area (Å²) in [6.45, 7) is 13.1. The molecule has 0 aliphatic carbocycles. The van der Waals surface area contributed by atoms with Gasteiger partial charge in [-0.3, -0.25) is 0 Å². The van der Waals surface area contributed by atoms with Gasteiger partial charge in [0.15, 0.2) is 0 Å². The highest BCUT2D eigenvalue weighted by atomic mass is 16.3. The lowest BCUT2D eigenvalue weighted by Gasteiger charge is -2.35. The largest absolute Gasteiger partial charge is 0.508 e. The number of aromatic hydroxyl groups is 2. The van der Waals surface area contributed by atoms with Crippen LogP contribution in [0.15, 0.2) is 121 Å². The lowest BCUT2D eigenvalue weighted by atomic mass is 9.68. The molecule has 2 nitrogen and oxygen atoms in total. The molecule has 0 atom stereocenters. The van der Waals surface area contributed by atoms with Gasteiger partial charge in [-0.25, -0.2) is 0 Å². The summed E-state index contributed by atoms with van der Waals surface area (Å²) in [5.41, 5.74) is 7.73. The predicted octanol–water partition coefficient (Wildman–Crippen LogP) is 9.41. The minimum absolute atomic E-state index is 0.208. The average molecular weight is 541 g/mol. The molecule has 0 saturated heterocycles. The normalized spacial score (nSPS) is 12.3. The Bertz CT molecular complexity index is 1610. The number of aryl methyl sites for hydroxylation is 1. The third-order valence-electron chi connectivity index (χ3n) is 9.21. The number of rotatable bonds is 7. The lowest BCUT2D eigenvalue weighted by molar-refractivity contribution is 0.456. The first-order valence-corrected chi connectivity index (χ1v) is 14.3. The van der Waals surface area contributed by atoms with E-state index in [1.165, 1.54) is 16.7 Å². The van der Waals surface area contributed by atoms with Crippen molar-refractivity contribution in [3.63, 3.8) is 0 Å². The molecule has 0 unspecified atom stereocenters. The molecule has 0 aromatic heterocycles. The summed E-state index contributed by atoms with van der Waals surface area (Å²) in [5, 5.41) is 21.3. The molecule has 41 heavy (non-hydrogen) atoms. The summed E-state index contributed by atoms with van der Waals surface area (Å²) in [6, 6.07) is 41.7. The molecule has 2 heteroatoms. The Kier molecular flexibility index (Phi) is 7.30. The van der Waals surface area contributed by atoms with Gasteiger partial charge >= 0.3 is 0 Å². The van der Waals surface area contributed by atoms with Gasteiger partial charge < -0.3 is 10.2 Å². The summed E-state index contributed by atoms with van der Waals surface area (Å²) in [4.78, 5) is 0. The topological polar surface area (TPSA) is 40.5 Å². The summed E-state index contributed by atoms with van der Waals surface area (Å²) in [7, 11) is 0. The maximum Gasteiger partial charge on any atom is 0.120 e. The smallest absolute Gasteiger partial charge is 0.120 e. The number of benzene rings is 5. The fourth-order valence-electron chi connectivity index (χ4n) is 6.03. The second-order valence-corrected chi connectivity index (χ2v) is 12.4. The zero-order valence-electron chi connectivity index (χ0n) is 24.9. The van der Waals surface area contributed by atoms with Crippen molar-refractivity contribution < 1.29 is 10.2 Å². The van der Waals surface area contributed by atoms with E-state index in [-0.39, 0.29) is 10.8 Å². The Morgan fingerprint density at radius 3 is 1.24 bits per heavy atom. The molecule has 0 heterocycles. The van der Waals surface area contributed by atoms with E-state index in [1.54, 1.807) is 6.07 Å². The van der Waals surface area contributed by atoms with Crippen molar-refractivity contribution in [3.05, 3.63) is 166 Å². The van der Waals surface area contributed by atoms with Gasteiger partial charge in [-0.2, -0.15) is 0 Å². The number of phenolic OH excluding ortho intramolecular Hbond substituents is 2. The van der Waals surface area contributed by atoms with Gasteiger partial charge in [0.2, 0.25) is 0 Å². The lowest BCUT2D eigenvalue weighted by Crippen LogP contribution is -2.27. The van der Waals surface area contributed by atoms with Crippen LogP contribution in [0.3, 0.4) is 0 Å². The molecule has 0 aliphatic rings. The van der Waals surface area contributed by atoms with Crippen LogP contribution in [-0.4, -0.2) is 10.2 Å². The second-order valence-electron chi connectivity index (χ2n) is 12.4. The Balaban J connectivity index is 1.56. The summed E-state index contributed by atoms with van der Waals surface area (Å²) in [6.07, 6.45) is 0. The van der Waals surface area contributed by atoms with E-state index < -0.39 is 5.41 Å². The fraction of sp³-hybridized carbons (Fsp3) is 0.231. The van der Waals surface area contributed by atoms with Gasteiger partial charge in [-0.05, 0) is 71.0 Å². The zero-order chi connectivity index (χ0) is 29.4. The molecule has 2 N–H and O–H groups in total. The maximum absolute atomic E-state index is 11.3. The van der Waals surface area contributed by atoms with Crippen LogP contribution in [0.5, 0.6) is 11.5 Å². The van der Waals surface area contributed by atoms with Crippen molar-refractivity contribution in [2.24, 2.45) is 0 Å². The first-order chi connectivity index (χ1) is 19.5. The average Bonchev–Trinajstić information content (AvgIpc) is 2.99. The minimum atomic E-state index is -0.533. The van der Waals surface area contributed by atoms with Crippen molar-refractivity contribution in [3.8, 4) is 11.5 Å². The summed E-state index contributed by atoms with van der Waals surface area (Å²) in [5.74, 6) is 0.617. The molecule has 0 spiro atoms. The van der Waals surface area contributed by atoms with Crippen molar-refractivity contribution in [1.29, 1.82) is 0 Å². The van der Waals surface area contributed by atoms with Crippen LogP contribution in [0, 0.1) is 6.92 Å². The van der Waals surface area contributed by atoms with Crippen LogP contribution < -0.4 is 0 Å². The minimum Gasteiger partial charge on any atom is -0.508 e. The van der Waals surface area contributed by atoms with Crippen molar-refractivity contribution >= 4 is 0 Å². The van der Waals surface area contributed by atoms with Gasteiger partial charge in [0.1, 0.15) is 11.5 Å². The maximum atomic E-state index is 11.3. The van der Waals surface area contributed by atoms with Crippen LogP contribution in [-0.2, 0) is 16.2 Å². The number of hydrogen-bond acceptors (Lipinski definition) is 2. The SMILES string of the molecule is Cc1cc(C(C)(C)c2ccc(C(C)(C)c3ccc(O)c(C(C)(c4ccccc4)c4ccccc4)c3)cc2)ccc1O. The third-order valence-corrected chi connectivity index (χ3v) is 9.21. The van der Waals surface area contributed by atoms with Crippen LogP contribution >= 0.6 is 0 Å². The van der Waals surface area contributed by atoms with Gasteiger partial charge in [0.05, 0.1) is 0 Å². The molecule has 0 saturated carbocycles. The van der Waals surface area contributed by atoms with Crippen molar-refractivity contribution in [1.82, 2.24) is 0 Å². The van der Waals surface area contributed by atoms with Crippen LogP contribution in [0.25, 0.3) is 0 Å². The van der Waals surface area contributed by atoms with E-state index in [9.17, 15) is 10.2 Å². The molecule has 0 amide bonds. The highest BCUT2D eigenvalue weighted by Gasteiger charge is 2.35. The number of phenols is 2. The van der Waals surface area contributed by atoms with Crippen molar-refractivity contribution in [2.75, 3.05) is 0 Å². The Morgan fingerprint density at radius 1 is 0.415 bits per heavy atom. The number of hydrogen-bond donors (Lipinski definition) is 2. The predicted molar refractivity (Wildman–Crippen MR) is 170 cm³/mol. The van der Waals surface area contributed by atoms with Crippen LogP contribution in [0.1, 0.15) is 79.1 Å². The van der Waals surface area contributed by atoms with Crippen LogP contribution in [0.4, 0.5) is 0 Å². The summed E-state index contributed by atoms with van der Waals surface area (Å²) >= 11 is 0. The quantitative estimate of drug-likeness (QED) is 0.202. The van der Waals surface area contributed by atoms with E-state index >= 15 is 0 Å². The molecule has 5 aromatic carbocycles. The van der Waals surface area contributed by atoms with Gasteiger partial charge in [-0.1, -0.05) is 131 Å². The molecule has 5 rings (SSSR count). The molecular formula is C39H40O2. The molecule has 0 aliphatic heterocycles. The molecule has 208 valence electrons. The van der Waals surface area contributed by atoms with Gasteiger partial charge in [0, 0.05) is 21.8 Å². The van der Waals surface area contributed by atoms with E-state index in [2.05, 4.69) is 120 Å². The Hall–Kier alpha value is -4.30. The standard InChI is InChI=1S/C39H40O2/c1-27-25-32(21-23-35(27)40)37(2,3)28-17-19-29(20-18-28)38(4,5)33-22-24-36(41)34(26-33)39(6,30-13-9-7-10-14-30)31-15-11-8-12-16-31/h7-26,40-41H,1-6H3. The van der Waals surface area contributed by atoms with E-state index in [4.69, 9.17) is 0 Å². The van der Waals surface area contributed by atoms with Crippen molar-refractivity contribution in [2.45, 2.75) is 57.8 Å². The third kappa shape index (κ3) is 5.04. The monoisotopic (exact) mass is 540 g/mol. The molecule has 0 fully saturated rings. The van der Waals surface area contributed by atoms with E-state index in [0.29, 0.717) is 11.5 Å². The van der Waals surface area contributed by atoms with Gasteiger partial charge in [0.25, 0.3) is 0 Å². The van der Waals surface area contributed by atoms with Gasteiger partial charge in [-0.15, -0.1) is 0 Å². The highest BCUT2D eigenvalue weighted by Crippen LogP contribution is 2.45. The fourth-order valence-corrected chi connectivity index (χ4v) is 6.03. The molecule has 0 bridgehead atoms.